The average Bonchev–Trinajstić information content (AvgIpc) is 2.98. The minimum atomic E-state index is -3.85. The van der Waals surface area contributed by atoms with Gasteiger partial charge in [-0.15, -0.1) is 0 Å². The van der Waals surface area contributed by atoms with Crippen molar-refractivity contribution in [2.24, 2.45) is 0 Å². The molecular formula is C19H20ClN3O5S. The zero-order chi connectivity index (χ0) is 21.0. The lowest BCUT2D eigenvalue weighted by Crippen LogP contribution is -2.32. The topological polar surface area (TPSA) is 110 Å². The number of sulfonamides is 1. The van der Waals surface area contributed by atoms with Crippen LogP contribution in [0.5, 0.6) is 0 Å². The van der Waals surface area contributed by atoms with E-state index in [4.69, 9.17) is 11.6 Å². The average molecular weight is 438 g/mol. The summed E-state index contributed by atoms with van der Waals surface area (Å²) in [6, 6.07) is 9.66. The van der Waals surface area contributed by atoms with Crippen molar-refractivity contribution in [1.82, 2.24) is 4.31 Å². The van der Waals surface area contributed by atoms with Gasteiger partial charge in [0.2, 0.25) is 10.0 Å². The minimum Gasteiger partial charge on any atom is -0.316 e. The van der Waals surface area contributed by atoms with Crippen LogP contribution in [0.2, 0.25) is 5.02 Å². The molecule has 1 heterocycles. The first-order valence-electron chi connectivity index (χ1n) is 9.15. The number of nitro benzene ring substituents is 1. The lowest BCUT2D eigenvalue weighted by molar-refractivity contribution is -0.383. The van der Waals surface area contributed by atoms with Crippen molar-refractivity contribution in [3.05, 3.63) is 63.2 Å². The normalized spacial score (nSPS) is 15.5. The first-order valence-corrected chi connectivity index (χ1v) is 11.0. The van der Waals surface area contributed by atoms with E-state index in [-0.39, 0.29) is 26.9 Å². The molecule has 0 aliphatic carbocycles. The van der Waals surface area contributed by atoms with E-state index in [1.807, 2.05) is 0 Å². The lowest BCUT2D eigenvalue weighted by atomic mass is 10.2. The molecule has 0 atom stereocenters. The van der Waals surface area contributed by atoms with Crippen LogP contribution in [-0.2, 0) is 10.0 Å². The maximum Gasteiger partial charge on any atom is 0.292 e. The minimum absolute atomic E-state index is 0.0226. The van der Waals surface area contributed by atoms with Crippen molar-refractivity contribution in [3.63, 3.8) is 0 Å². The summed E-state index contributed by atoms with van der Waals surface area (Å²) in [7, 11) is -3.85. The van der Waals surface area contributed by atoms with Crippen molar-refractivity contribution in [3.8, 4) is 0 Å². The second-order valence-electron chi connectivity index (χ2n) is 6.69. The Kier molecular flexibility index (Phi) is 6.51. The standard InChI is InChI=1S/C19H20ClN3O5S/c20-15-10-9-14(19(24)21-16-7-3-4-8-17(16)23(25)26)13-18(15)29(27,28)22-11-5-1-2-6-12-22/h3-4,7-10,13H,1-2,5-6,11-12H2,(H,21,24). The zero-order valence-electron chi connectivity index (χ0n) is 15.5. The fourth-order valence-electron chi connectivity index (χ4n) is 3.20. The molecule has 1 aliphatic heterocycles. The molecule has 3 rings (SSSR count). The number of nitrogens with zero attached hydrogens (tertiary/aromatic N) is 2. The van der Waals surface area contributed by atoms with Gasteiger partial charge >= 0.3 is 0 Å². The SMILES string of the molecule is O=C(Nc1ccccc1[N+](=O)[O-])c1ccc(Cl)c(S(=O)(=O)N2CCCCCC2)c1. The number of amides is 1. The Bertz CT molecular complexity index is 1030. The molecular weight excluding hydrogens is 418 g/mol. The highest BCUT2D eigenvalue weighted by Crippen LogP contribution is 2.29. The fourth-order valence-corrected chi connectivity index (χ4v) is 5.21. The molecule has 1 fully saturated rings. The summed E-state index contributed by atoms with van der Waals surface area (Å²) in [5.74, 6) is -0.664. The van der Waals surface area contributed by atoms with Gasteiger partial charge in [0.1, 0.15) is 10.6 Å². The molecule has 29 heavy (non-hydrogen) atoms. The van der Waals surface area contributed by atoms with Crippen molar-refractivity contribution in [1.29, 1.82) is 0 Å². The van der Waals surface area contributed by atoms with Crippen LogP contribution in [-0.4, -0.2) is 36.6 Å². The Balaban J connectivity index is 1.91. The molecule has 0 saturated carbocycles. The summed E-state index contributed by atoms with van der Waals surface area (Å²) in [4.78, 5) is 23.0. The smallest absolute Gasteiger partial charge is 0.292 e. The third kappa shape index (κ3) is 4.75. The number of halogens is 1. The van der Waals surface area contributed by atoms with Crippen LogP contribution in [0.3, 0.4) is 0 Å². The summed E-state index contributed by atoms with van der Waals surface area (Å²) < 4.78 is 27.5. The van der Waals surface area contributed by atoms with Gasteiger partial charge in [0.15, 0.2) is 0 Å². The number of para-hydroxylation sites is 2. The Labute approximate surface area is 173 Å². The summed E-state index contributed by atoms with van der Waals surface area (Å²) in [5.41, 5.74) is -0.192. The Hall–Kier alpha value is -2.49. The summed E-state index contributed by atoms with van der Waals surface area (Å²) in [6.45, 7) is 0.816. The Morgan fingerprint density at radius 2 is 1.72 bits per heavy atom. The predicted octanol–water partition coefficient (Wildman–Crippen LogP) is 4.07. The van der Waals surface area contributed by atoms with E-state index in [0.29, 0.717) is 13.1 Å². The highest BCUT2D eigenvalue weighted by atomic mass is 35.5. The Morgan fingerprint density at radius 1 is 1.07 bits per heavy atom. The molecule has 0 aromatic heterocycles. The highest BCUT2D eigenvalue weighted by Gasteiger charge is 2.28. The third-order valence-corrected chi connectivity index (χ3v) is 7.11. The van der Waals surface area contributed by atoms with E-state index in [0.717, 1.165) is 25.7 Å². The van der Waals surface area contributed by atoms with E-state index in [1.165, 1.54) is 40.7 Å². The first kappa shape index (κ1) is 21.2. The number of hydrogen-bond donors (Lipinski definition) is 1. The van der Waals surface area contributed by atoms with Crippen molar-refractivity contribution in [2.75, 3.05) is 18.4 Å². The number of benzene rings is 2. The zero-order valence-corrected chi connectivity index (χ0v) is 17.1. The van der Waals surface area contributed by atoms with E-state index in [1.54, 1.807) is 6.07 Å². The van der Waals surface area contributed by atoms with Crippen LogP contribution in [0.1, 0.15) is 36.0 Å². The molecule has 1 saturated heterocycles. The van der Waals surface area contributed by atoms with E-state index < -0.39 is 20.9 Å². The molecule has 1 aliphatic rings. The molecule has 1 amide bonds. The number of nitro groups is 1. The summed E-state index contributed by atoms with van der Waals surface area (Å²) >= 11 is 6.15. The van der Waals surface area contributed by atoms with Crippen LogP contribution in [0.25, 0.3) is 0 Å². The first-order chi connectivity index (χ1) is 13.8. The van der Waals surface area contributed by atoms with E-state index >= 15 is 0 Å². The number of carbonyl (C=O) groups is 1. The molecule has 2 aromatic carbocycles. The monoisotopic (exact) mass is 437 g/mol. The third-order valence-electron chi connectivity index (χ3n) is 4.73. The van der Waals surface area contributed by atoms with Gasteiger partial charge in [-0.3, -0.25) is 14.9 Å². The molecule has 0 radical (unpaired) electrons. The predicted molar refractivity (Wildman–Crippen MR) is 110 cm³/mol. The van der Waals surface area contributed by atoms with Crippen LogP contribution in [0, 0.1) is 10.1 Å². The highest BCUT2D eigenvalue weighted by molar-refractivity contribution is 7.89. The van der Waals surface area contributed by atoms with Gasteiger partial charge in [-0.1, -0.05) is 36.6 Å². The van der Waals surface area contributed by atoms with Gasteiger partial charge < -0.3 is 5.32 Å². The second kappa shape index (κ2) is 8.89. The largest absolute Gasteiger partial charge is 0.316 e. The van der Waals surface area contributed by atoms with E-state index in [9.17, 15) is 23.3 Å². The molecule has 0 bridgehead atoms. The van der Waals surface area contributed by atoms with Gasteiger partial charge in [0.05, 0.1) is 9.95 Å². The van der Waals surface area contributed by atoms with Gasteiger partial charge in [-0.25, -0.2) is 8.42 Å². The van der Waals surface area contributed by atoms with Crippen molar-refractivity contribution >= 4 is 38.9 Å². The molecule has 1 N–H and O–H groups in total. The summed E-state index contributed by atoms with van der Waals surface area (Å²) in [6.07, 6.45) is 3.49. The number of nitrogens with one attached hydrogen (secondary N) is 1. The Morgan fingerprint density at radius 3 is 2.38 bits per heavy atom. The van der Waals surface area contributed by atoms with Gasteiger partial charge in [0.25, 0.3) is 11.6 Å². The van der Waals surface area contributed by atoms with Gasteiger partial charge in [-0.05, 0) is 37.1 Å². The molecule has 0 unspecified atom stereocenters. The van der Waals surface area contributed by atoms with Crippen molar-refractivity contribution in [2.45, 2.75) is 30.6 Å². The molecule has 0 spiro atoms. The van der Waals surface area contributed by atoms with Crippen LogP contribution in [0.15, 0.2) is 47.4 Å². The molecule has 8 nitrogen and oxygen atoms in total. The van der Waals surface area contributed by atoms with Gasteiger partial charge in [0, 0.05) is 24.7 Å². The quantitative estimate of drug-likeness (QED) is 0.560. The second-order valence-corrected chi connectivity index (χ2v) is 9.01. The fraction of sp³-hybridized carbons (Fsp3) is 0.316. The van der Waals surface area contributed by atoms with E-state index in [2.05, 4.69) is 5.32 Å². The maximum absolute atomic E-state index is 13.1. The van der Waals surface area contributed by atoms with Gasteiger partial charge in [-0.2, -0.15) is 4.31 Å². The number of anilines is 1. The molecule has 154 valence electrons. The van der Waals surface area contributed by atoms with Crippen LogP contribution in [0.4, 0.5) is 11.4 Å². The lowest BCUT2D eigenvalue weighted by Gasteiger charge is -2.21. The number of carbonyl (C=O) groups excluding carboxylic acids is 1. The number of rotatable bonds is 5. The molecule has 2 aromatic rings. The van der Waals surface area contributed by atoms with Crippen molar-refractivity contribution < 1.29 is 18.1 Å². The maximum atomic E-state index is 13.1. The van der Waals surface area contributed by atoms with Crippen LogP contribution >= 0.6 is 11.6 Å². The molecule has 10 heteroatoms. The summed E-state index contributed by atoms with van der Waals surface area (Å²) in [5, 5.41) is 13.6. The van der Waals surface area contributed by atoms with Crippen LogP contribution < -0.4 is 5.32 Å². The number of hydrogen-bond acceptors (Lipinski definition) is 5.